The number of hydrogen-bond acceptors (Lipinski definition) is 3. The van der Waals surface area contributed by atoms with Crippen LogP contribution in [0, 0.1) is 0 Å². The third kappa shape index (κ3) is 2.27. The Kier molecular flexibility index (Phi) is 2.51. The molecule has 0 aliphatic heterocycles. The van der Waals surface area contributed by atoms with Crippen LogP contribution in [0.2, 0.25) is 0 Å². The smallest absolute Gasteiger partial charge is 0.383 e. The van der Waals surface area contributed by atoms with E-state index < -0.39 is 17.6 Å². The van der Waals surface area contributed by atoms with E-state index in [4.69, 9.17) is 5.73 Å². The van der Waals surface area contributed by atoms with Crippen LogP contribution in [-0.2, 0) is 6.18 Å². The molecular formula is C12H11F3N4. The average Bonchev–Trinajstić information content (AvgIpc) is 3.07. The van der Waals surface area contributed by atoms with Crippen LogP contribution in [0.5, 0.6) is 0 Å². The Hall–Kier alpha value is -2.05. The van der Waals surface area contributed by atoms with Gasteiger partial charge in [0.05, 0.1) is 17.5 Å². The first-order valence-corrected chi connectivity index (χ1v) is 5.83. The zero-order valence-corrected chi connectivity index (χ0v) is 9.83. The predicted molar refractivity (Wildman–Crippen MR) is 63.2 cm³/mol. The molecular weight excluding hydrogens is 257 g/mol. The molecule has 0 saturated heterocycles. The second kappa shape index (κ2) is 3.97. The monoisotopic (exact) mass is 268 g/mol. The Labute approximate surface area is 106 Å². The molecule has 0 amide bonds. The maximum Gasteiger partial charge on any atom is 0.419 e. The standard InChI is InChI=1S/C12H11F3N4/c13-12(14,15)8-3-7(4-17-10(8)16)9-5-18-11(19-9)6-1-2-6/h3-6H,1-2H2,(H2,16,17)(H,18,19). The summed E-state index contributed by atoms with van der Waals surface area (Å²) in [4.78, 5) is 10.8. The lowest BCUT2D eigenvalue weighted by Crippen LogP contribution is -2.10. The van der Waals surface area contributed by atoms with Crippen LogP contribution < -0.4 is 5.73 Å². The van der Waals surface area contributed by atoms with Crippen molar-refractivity contribution in [2.75, 3.05) is 5.73 Å². The van der Waals surface area contributed by atoms with Crippen molar-refractivity contribution in [3.63, 3.8) is 0 Å². The maximum atomic E-state index is 12.7. The molecule has 19 heavy (non-hydrogen) atoms. The molecule has 0 atom stereocenters. The van der Waals surface area contributed by atoms with Gasteiger partial charge in [-0.05, 0) is 18.9 Å². The average molecular weight is 268 g/mol. The summed E-state index contributed by atoms with van der Waals surface area (Å²) in [5, 5.41) is 0. The van der Waals surface area contributed by atoms with Crippen LogP contribution in [0.25, 0.3) is 11.3 Å². The van der Waals surface area contributed by atoms with Crippen molar-refractivity contribution < 1.29 is 13.2 Å². The van der Waals surface area contributed by atoms with Gasteiger partial charge in [0.1, 0.15) is 11.6 Å². The van der Waals surface area contributed by atoms with E-state index in [1.165, 1.54) is 12.4 Å². The number of hydrogen-bond donors (Lipinski definition) is 2. The minimum Gasteiger partial charge on any atom is -0.383 e. The first kappa shape index (κ1) is 12.0. The van der Waals surface area contributed by atoms with Crippen molar-refractivity contribution in [3.8, 4) is 11.3 Å². The quantitative estimate of drug-likeness (QED) is 0.879. The SMILES string of the molecule is Nc1ncc(-c2cnc(C3CC3)[nH]2)cc1C(F)(F)F. The number of anilines is 1. The summed E-state index contributed by atoms with van der Waals surface area (Å²) >= 11 is 0. The number of aromatic amines is 1. The van der Waals surface area contributed by atoms with Crippen LogP contribution in [0.3, 0.4) is 0 Å². The molecule has 3 N–H and O–H groups in total. The largest absolute Gasteiger partial charge is 0.419 e. The number of imidazole rings is 1. The maximum absolute atomic E-state index is 12.7. The van der Waals surface area contributed by atoms with Crippen molar-refractivity contribution in [2.45, 2.75) is 24.9 Å². The number of nitrogen functional groups attached to an aromatic ring is 1. The second-order valence-corrected chi connectivity index (χ2v) is 4.61. The van der Waals surface area contributed by atoms with E-state index in [0.717, 1.165) is 24.7 Å². The molecule has 1 aliphatic rings. The van der Waals surface area contributed by atoms with Crippen LogP contribution in [0.1, 0.15) is 30.1 Å². The summed E-state index contributed by atoms with van der Waals surface area (Å²) in [5.74, 6) is 0.719. The van der Waals surface area contributed by atoms with Gasteiger partial charge in [0.15, 0.2) is 0 Å². The van der Waals surface area contributed by atoms with Gasteiger partial charge in [-0.25, -0.2) is 9.97 Å². The van der Waals surface area contributed by atoms with Gasteiger partial charge in [-0.15, -0.1) is 0 Å². The van der Waals surface area contributed by atoms with Crippen molar-refractivity contribution in [1.29, 1.82) is 0 Å². The molecule has 0 radical (unpaired) electrons. The third-order valence-electron chi connectivity index (χ3n) is 3.09. The van der Waals surface area contributed by atoms with E-state index >= 15 is 0 Å². The van der Waals surface area contributed by atoms with Crippen molar-refractivity contribution in [2.24, 2.45) is 0 Å². The number of nitrogens with two attached hydrogens (primary N) is 1. The Morgan fingerprint density at radius 3 is 2.58 bits per heavy atom. The fourth-order valence-corrected chi connectivity index (χ4v) is 1.90. The summed E-state index contributed by atoms with van der Waals surface area (Å²) in [6.07, 6.45) is 0.476. The Bertz CT molecular complexity index is 614. The highest BCUT2D eigenvalue weighted by molar-refractivity contribution is 5.62. The molecule has 100 valence electrons. The molecule has 0 spiro atoms. The first-order valence-electron chi connectivity index (χ1n) is 5.83. The molecule has 4 nitrogen and oxygen atoms in total. The lowest BCUT2D eigenvalue weighted by molar-refractivity contribution is -0.137. The highest BCUT2D eigenvalue weighted by Gasteiger charge is 2.34. The zero-order chi connectivity index (χ0) is 13.6. The molecule has 2 aromatic rings. The van der Waals surface area contributed by atoms with Crippen molar-refractivity contribution in [3.05, 3.63) is 29.8 Å². The number of rotatable bonds is 2. The molecule has 0 aromatic carbocycles. The number of nitrogens with zero attached hydrogens (tertiary/aromatic N) is 2. The third-order valence-corrected chi connectivity index (χ3v) is 3.09. The molecule has 7 heteroatoms. The summed E-state index contributed by atoms with van der Waals surface area (Å²) < 4.78 is 38.2. The van der Waals surface area contributed by atoms with E-state index in [1.807, 2.05) is 0 Å². The molecule has 3 rings (SSSR count). The van der Waals surface area contributed by atoms with Gasteiger partial charge in [0.2, 0.25) is 0 Å². The highest BCUT2D eigenvalue weighted by atomic mass is 19.4. The fourth-order valence-electron chi connectivity index (χ4n) is 1.90. The number of nitrogens with one attached hydrogen (secondary N) is 1. The second-order valence-electron chi connectivity index (χ2n) is 4.61. The lowest BCUT2D eigenvalue weighted by atomic mass is 10.1. The van der Waals surface area contributed by atoms with Gasteiger partial charge in [0, 0.05) is 17.7 Å². The van der Waals surface area contributed by atoms with E-state index in [1.54, 1.807) is 0 Å². The first-order chi connectivity index (χ1) is 8.95. The van der Waals surface area contributed by atoms with Crippen molar-refractivity contribution in [1.82, 2.24) is 15.0 Å². The summed E-state index contributed by atoms with van der Waals surface area (Å²) in [6, 6.07) is 0.993. The lowest BCUT2D eigenvalue weighted by Gasteiger charge is -2.10. The number of aromatic nitrogens is 3. The van der Waals surface area contributed by atoms with Crippen LogP contribution in [0.15, 0.2) is 18.5 Å². The molecule has 2 heterocycles. The number of alkyl halides is 3. The van der Waals surface area contributed by atoms with Crippen LogP contribution in [-0.4, -0.2) is 15.0 Å². The van der Waals surface area contributed by atoms with E-state index in [-0.39, 0.29) is 0 Å². The number of H-pyrrole nitrogens is 1. The Morgan fingerprint density at radius 1 is 1.21 bits per heavy atom. The minimum atomic E-state index is -4.51. The fraction of sp³-hybridized carbons (Fsp3) is 0.333. The van der Waals surface area contributed by atoms with Gasteiger partial charge >= 0.3 is 6.18 Å². The Morgan fingerprint density at radius 2 is 1.95 bits per heavy atom. The molecule has 0 unspecified atom stereocenters. The van der Waals surface area contributed by atoms with Crippen LogP contribution in [0.4, 0.5) is 19.0 Å². The summed E-state index contributed by atoms with van der Waals surface area (Å²) in [5.41, 5.74) is 5.20. The summed E-state index contributed by atoms with van der Waals surface area (Å²) in [6.45, 7) is 0. The van der Waals surface area contributed by atoms with Gasteiger partial charge in [0.25, 0.3) is 0 Å². The normalized spacial score (nSPS) is 15.7. The van der Waals surface area contributed by atoms with Gasteiger partial charge in [-0.3, -0.25) is 0 Å². The van der Waals surface area contributed by atoms with E-state index in [2.05, 4.69) is 15.0 Å². The number of pyridine rings is 1. The molecule has 0 bridgehead atoms. The highest BCUT2D eigenvalue weighted by Crippen LogP contribution is 2.39. The van der Waals surface area contributed by atoms with E-state index in [9.17, 15) is 13.2 Å². The summed E-state index contributed by atoms with van der Waals surface area (Å²) in [7, 11) is 0. The van der Waals surface area contributed by atoms with Crippen molar-refractivity contribution >= 4 is 5.82 Å². The van der Waals surface area contributed by atoms with Crippen LogP contribution >= 0.6 is 0 Å². The van der Waals surface area contributed by atoms with Gasteiger partial charge in [-0.2, -0.15) is 13.2 Å². The van der Waals surface area contributed by atoms with Gasteiger partial charge < -0.3 is 10.7 Å². The molecule has 1 fully saturated rings. The molecule has 1 aliphatic carbocycles. The minimum absolute atomic E-state index is 0.334. The van der Waals surface area contributed by atoms with E-state index in [0.29, 0.717) is 17.2 Å². The predicted octanol–water partition coefficient (Wildman–Crippen LogP) is 2.95. The van der Waals surface area contributed by atoms with Gasteiger partial charge in [-0.1, -0.05) is 0 Å². The topological polar surface area (TPSA) is 67.6 Å². The molecule has 2 aromatic heterocycles. The number of halogens is 3. The zero-order valence-electron chi connectivity index (χ0n) is 9.83. The Balaban J connectivity index is 1.99. The molecule has 1 saturated carbocycles.